The zero-order chi connectivity index (χ0) is 15.2. The monoisotopic (exact) mass is 364 g/mol. The first-order valence-electron chi connectivity index (χ1n) is 7.18. The first kappa shape index (κ1) is 16.8. The molecule has 0 aromatic heterocycles. The van der Waals surface area contributed by atoms with Gasteiger partial charge in [-0.15, -0.1) is 0 Å². The Morgan fingerprint density at radius 3 is 2.30 bits per heavy atom. The fourth-order valence-electron chi connectivity index (χ4n) is 3.01. The van der Waals surface area contributed by atoms with Gasteiger partial charge in [0, 0.05) is 0 Å². The third kappa shape index (κ3) is 2.97. The predicted octanol–water partition coefficient (Wildman–Crippen LogP) is 5.04. The second-order valence-electron chi connectivity index (χ2n) is 7.15. The normalized spacial score (nSPS) is 20.8. The molecule has 1 aromatic carbocycles. The standard InChI is InChI=1S/C9H7.C4H10N.C2H7Si.2ClH.Ti/c1-2-5-9-7-3-6-8(9)4-1;1-4(2,3)5;1-3-2;;;/h1-7H;5H,1-3H3;3H,1-2H3;2*1H;/q;-1;;;;+3/p-2. The third-order valence-corrected chi connectivity index (χ3v) is 36.1. The Hall–Kier alpha value is 0.431. The van der Waals surface area contributed by atoms with Crippen LogP contribution in [0.3, 0.4) is 0 Å². The zero-order valence-corrected chi connectivity index (χ0v) is 17.1. The van der Waals surface area contributed by atoms with E-state index in [0.717, 1.165) is 0 Å². The van der Waals surface area contributed by atoms with Crippen molar-refractivity contribution in [3.63, 3.8) is 0 Å². The number of fused-ring (bicyclic) bond motifs is 1. The molecule has 0 saturated carbocycles. The summed E-state index contributed by atoms with van der Waals surface area (Å²) in [5.74, 6) is 0. The molecule has 1 aromatic rings. The van der Waals surface area contributed by atoms with Crippen molar-refractivity contribution in [1.29, 1.82) is 0 Å². The Balaban J connectivity index is 2.54. The van der Waals surface area contributed by atoms with E-state index in [-0.39, 0.29) is 9.76 Å². The molecule has 0 spiro atoms. The predicted molar refractivity (Wildman–Crippen MR) is 91.7 cm³/mol. The molecule has 5 heteroatoms. The molecule has 1 nitrogen and oxygen atoms in total. The minimum atomic E-state index is -3.83. The summed E-state index contributed by atoms with van der Waals surface area (Å²) in [6, 6.07) is 8.47. The Morgan fingerprint density at radius 1 is 1.15 bits per heavy atom. The summed E-state index contributed by atoms with van der Waals surface area (Å²) in [4.78, 5) is 0. The van der Waals surface area contributed by atoms with Crippen LogP contribution in [0, 0.1) is 0 Å². The van der Waals surface area contributed by atoms with Gasteiger partial charge >= 0.3 is 133 Å². The maximum atomic E-state index is 7.30. The van der Waals surface area contributed by atoms with Gasteiger partial charge in [0.15, 0.2) is 0 Å². The average molecular weight is 365 g/mol. The fourth-order valence-corrected chi connectivity index (χ4v) is 20.1. The number of allylic oxidation sites excluding steroid dienone is 1. The molecule has 1 aliphatic rings. The molecule has 1 aliphatic carbocycles. The van der Waals surface area contributed by atoms with Crippen LogP contribution in [0.2, 0.25) is 13.1 Å². The average Bonchev–Trinajstić information content (AvgIpc) is 2.70. The number of halogens is 2. The molecular formula is C15H24Cl2NSiTi. The molecule has 0 aliphatic heterocycles. The van der Waals surface area contributed by atoms with E-state index in [2.05, 4.69) is 74.1 Å². The zero-order valence-electron chi connectivity index (χ0n) is 12.9. The van der Waals surface area contributed by atoms with E-state index in [1.807, 2.05) is 0 Å². The topological polar surface area (TPSA) is 12.0 Å². The molecule has 0 bridgehead atoms. The van der Waals surface area contributed by atoms with Crippen molar-refractivity contribution in [2.45, 2.75) is 43.6 Å². The van der Waals surface area contributed by atoms with Crippen LogP contribution in [0.4, 0.5) is 0 Å². The van der Waals surface area contributed by atoms with Crippen LogP contribution in [-0.4, -0.2) is 12.2 Å². The van der Waals surface area contributed by atoms with E-state index >= 15 is 0 Å². The van der Waals surface area contributed by atoms with Crippen LogP contribution >= 0.6 is 18.6 Å². The molecular weight excluding hydrogens is 341 g/mol. The number of nitrogens with one attached hydrogen (secondary N) is 1. The SMILES string of the molecule is C[SiH](C)[Ti]([Cl])([Cl])([NH]C(C)(C)C)[CH]1C=Cc2ccccc21. The number of hydrogen-bond donors (Lipinski definition) is 1. The van der Waals surface area contributed by atoms with Gasteiger partial charge in [0.05, 0.1) is 0 Å². The fraction of sp³-hybridized carbons (Fsp3) is 0.467. The molecule has 0 saturated heterocycles. The Labute approximate surface area is 132 Å². The molecule has 0 fully saturated rings. The summed E-state index contributed by atoms with van der Waals surface area (Å²) in [7, 11) is 14.6. The van der Waals surface area contributed by atoms with E-state index in [9.17, 15) is 0 Å². The van der Waals surface area contributed by atoms with Crippen LogP contribution < -0.4 is 3.80 Å². The van der Waals surface area contributed by atoms with Gasteiger partial charge in [-0.2, -0.15) is 0 Å². The molecule has 1 atom stereocenters. The summed E-state index contributed by atoms with van der Waals surface area (Å²) in [5.41, 5.74) is 2.50. The quantitative estimate of drug-likeness (QED) is 0.741. The van der Waals surface area contributed by atoms with Gasteiger partial charge in [0.2, 0.25) is 0 Å². The summed E-state index contributed by atoms with van der Waals surface area (Å²) in [6.45, 7) is 9.76. The van der Waals surface area contributed by atoms with Crippen LogP contribution in [0.15, 0.2) is 30.3 Å². The molecule has 2 rings (SSSR count). The third-order valence-electron chi connectivity index (χ3n) is 4.04. The molecule has 1 unspecified atom stereocenters. The van der Waals surface area contributed by atoms with E-state index < -0.39 is 19.4 Å². The van der Waals surface area contributed by atoms with Gasteiger partial charge < -0.3 is 0 Å². The van der Waals surface area contributed by atoms with Gasteiger partial charge in [-0.3, -0.25) is 0 Å². The van der Waals surface area contributed by atoms with Crippen molar-refractivity contribution < 1.29 is 12.7 Å². The van der Waals surface area contributed by atoms with Gasteiger partial charge in [0.1, 0.15) is 0 Å². The van der Waals surface area contributed by atoms with Gasteiger partial charge in [-0.25, -0.2) is 0 Å². The van der Waals surface area contributed by atoms with Crippen molar-refractivity contribution in [3.05, 3.63) is 41.5 Å². The molecule has 0 amide bonds. The minimum absolute atomic E-state index is 0.0661. The second kappa shape index (κ2) is 5.26. The van der Waals surface area contributed by atoms with Gasteiger partial charge in [-0.1, -0.05) is 0 Å². The first-order valence-corrected chi connectivity index (χ1v) is 18.8. The number of rotatable bonds is 3. The van der Waals surface area contributed by atoms with Crippen molar-refractivity contribution in [2.24, 2.45) is 0 Å². The number of hydrogen-bond acceptors (Lipinski definition) is 1. The van der Waals surface area contributed by atoms with Gasteiger partial charge in [-0.05, 0) is 0 Å². The van der Waals surface area contributed by atoms with Crippen molar-refractivity contribution in [2.75, 3.05) is 0 Å². The van der Waals surface area contributed by atoms with E-state index in [0.29, 0.717) is 0 Å². The van der Waals surface area contributed by atoms with Crippen LogP contribution in [-0.2, 0) is 12.7 Å². The molecule has 111 valence electrons. The number of benzene rings is 1. The molecule has 1 N–H and O–H groups in total. The molecule has 0 heterocycles. The van der Waals surface area contributed by atoms with Crippen molar-refractivity contribution in [1.82, 2.24) is 3.80 Å². The first-order chi connectivity index (χ1) is 9.03. The Morgan fingerprint density at radius 2 is 1.75 bits per heavy atom. The van der Waals surface area contributed by atoms with E-state index in [1.165, 1.54) is 11.1 Å². The summed E-state index contributed by atoms with van der Waals surface area (Å²) < 4.78 is 3.90. The summed E-state index contributed by atoms with van der Waals surface area (Å²) in [6.07, 6.45) is 4.41. The maximum absolute atomic E-state index is 7.30. The molecule has 20 heavy (non-hydrogen) atoms. The Kier molecular flexibility index (Phi) is 4.42. The van der Waals surface area contributed by atoms with E-state index in [4.69, 9.17) is 18.6 Å². The Bertz CT molecular complexity index is 549. The van der Waals surface area contributed by atoms with Crippen LogP contribution in [0.1, 0.15) is 36.1 Å². The summed E-state index contributed by atoms with van der Waals surface area (Å²) >= 11 is -3.83. The van der Waals surface area contributed by atoms with Crippen LogP contribution in [0.5, 0.6) is 0 Å². The van der Waals surface area contributed by atoms with E-state index in [1.54, 1.807) is 0 Å². The van der Waals surface area contributed by atoms with Crippen LogP contribution in [0.25, 0.3) is 6.08 Å². The summed E-state index contributed by atoms with van der Waals surface area (Å²) in [5, 5.41) is 0. The van der Waals surface area contributed by atoms with Gasteiger partial charge in [0.25, 0.3) is 0 Å². The van der Waals surface area contributed by atoms with Crippen molar-refractivity contribution in [3.8, 4) is 0 Å². The van der Waals surface area contributed by atoms with Crippen molar-refractivity contribution >= 4 is 31.3 Å². The molecule has 0 radical (unpaired) electrons. The second-order valence-corrected chi connectivity index (χ2v) is 35.3.